The average molecular weight is 703 g/mol. The van der Waals surface area contributed by atoms with Crippen LogP contribution in [0.15, 0.2) is 206 Å². The van der Waals surface area contributed by atoms with Crippen LogP contribution in [0.3, 0.4) is 0 Å². The first-order valence-electron chi connectivity index (χ1n) is 18.5. The number of aromatic nitrogens is 3. The Bertz CT molecular complexity index is 2760. The van der Waals surface area contributed by atoms with E-state index in [-0.39, 0.29) is 0 Å². The first kappa shape index (κ1) is 32.2. The molecule has 1 aliphatic heterocycles. The van der Waals surface area contributed by atoms with Crippen molar-refractivity contribution < 1.29 is 0 Å². The number of rotatable bonds is 6. The van der Waals surface area contributed by atoms with Gasteiger partial charge in [0, 0.05) is 33.5 Å². The van der Waals surface area contributed by atoms with Gasteiger partial charge in [-0.15, -0.1) is 0 Å². The number of hydrogen-bond acceptors (Lipinski definition) is 4. The molecule has 55 heavy (non-hydrogen) atoms. The van der Waals surface area contributed by atoms with Crippen LogP contribution >= 0.6 is 0 Å². The van der Waals surface area contributed by atoms with Gasteiger partial charge in [-0.3, -0.25) is 0 Å². The van der Waals surface area contributed by atoms with E-state index >= 15 is 0 Å². The van der Waals surface area contributed by atoms with Gasteiger partial charge in [-0.25, -0.2) is 15.0 Å². The Kier molecular flexibility index (Phi) is 8.12. The van der Waals surface area contributed by atoms with Gasteiger partial charge in [-0.2, -0.15) is 0 Å². The van der Waals surface area contributed by atoms with Gasteiger partial charge >= 0.3 is 0 Å². The highest BCUT2D eigenvalue weighted by atomic mass is 15.1. The maximum Gasteiger partial charge on any atom is 0.164 e. The minimum atomic E-state index is 0.637. The van der Waals surface area contributed by atoms with Gasteiger partial charge in [0.2, 0.25) is 0 Å². The highest BCUT2D eigenvalue weighted by molar-refractivity contribution is 6.03. The summed E-state index contributed by atoms with van der Waals surface area (Å²) in [7, 11) is 0. The van der Waals surface area contributed by atoms with Crippen LogP contribution in [0.1, 0.15) is 0 Å². The molecular formula is C51H34N4. The molecule has 2 heterocycles. The second-order valence-electron chi connectivity index (χ2n) is 13.7. The minimum Gasteiger partial charge on any atom is -0.309 e. The van der Waals surface area contributed by atoms with Crippen molar-refractivity contribution in [1.82, 2.24) is 15.0 Å². The van der Waals surface area contributed by atoms with Crippen molar-refractivity contribution in [2.75, 3.05) is 4.90 Å². The lowest BCUT2D eigenvalue weighted by Crippen LogP contribution is -2.10. The second-order valence-corrected chi connectivity index (χ2v) is 13.7. The van der Waals surface area contributed by atoms with Crippen LogP contribution in [0.4, 0.5) is 17.1 Å². The lowest BCUT2D eigenvalue weighted by Gasteiger charge is -2.27. The third-order valence-corrected chi connectivity index (χ3v) is 10.3. The van der Waals surface area contributed by atoms with Gasteiger partial charge in [0.05, 0.1) is 11.4 Å². The number of fused-ring (bicyclic) bond motifs is 5. The summed E-state index contributed by atoms with van der Waals surface area (Å²) in [5.41, 5.74) is 15.6. The topological polar surface area (TPSA) is 41.9 Å². The van der Waals surface area contributed by atoms with Crippen LogP contribution in [0.25, 0.3) is 78.7 Å². The smallest absolute Gasteiger partial charge is 0.164 e. The van der Waals surface area contributed by atoms with Crippen LogP contribution in [0.5, 0.6) is 0 Å². The molecule has 0 saturated carbocycles. The molecule has 0 aliphatic carbocycles. The lowest BCUT2D eigenvalue weighted by molar-refractivity contribution is 1.07. The average Bonchev–Trinajstić information content (AvgIpc) is 3.39. The van der Waals surface area contributed by atoms with Gasteiger partial charge < -0.3 is 4.90 Å². The van der Waals surface area contributed by atoms with E-state index in [1.54, 1.807) is 0 Å². The fourth-order valence-electron chi connectivity index (χ4n) is 7.61. The first-order chi connectivity index (χ1) is 27.3. The molecule has 9 aromatic rings. The van der Waals surface area contributed by atoms with Crippen LogP contribution in [-0.2, 0) is 0 Å². The van der Waals surface area contributed by atoms with Crippen LogP contribution in [0, 0.1) is 0 Å². The largest absolute Gasteiger partial charge is 0.309 e. The van der Waals surface area contributed by atoms with Crippen LogP contribution < -0.4 is 4.90 Å². The third-order valence-electron chi connectivity index (χ3n) is 10.3. The normalized spacial score (nSPS) is 11.6. The maximum atomic E-state index is 4.99. The standard InChI is InChI=1S/C51H34N4/c1-4-16-35(17-5-1)49-52-50(36-18-6-2-7-19-36)54-51(53-49)41-23-15-22-39(33-41)37-20-14-21-38(32-37)40-30-31-46-44-27-11-10-26-43(44)45-28-12-13-29-47(45)55(48(46)34-40)42-24-8-3-9-25-42/h1-34H. The number of benzene rings is 8. The van der Waals surface area contributed by atoms with Crippen molar-refractivity contribution in [2.45, 2.75) is 0 Å². The van der Waals surface area contributed by atoms with E-state index in [9.17, 15) is 0 Å². The highest BCUT2D eigenvalue weighted by Crippen LogP contribution is 2.51. The van der Waals surface area contributed by atoms with Gasteiger partial charge in [0.1, 0.15) is 0 Å². The van der Waals surface area contributed by atoms with Crippen molar-refractivity contribution in [3.05, 3.63) is 206 Å². The molecule has 4 heteroatoms. The zero-order valence-corrected chi connectivity index (χ0v) is 29.9. The SMILES string of the molecule is c1ccc(-c2nc(-c3ccccc3)nc(-c3cccc(-c4cccc(-c5ccc6c(c5)N(c5ccccc5)c5ccccc5-c5ccccc5-6)c4)c3)n2)cc1. The number of hydrogen-bond donors (Lipinski definition) is 0. The Balaban J connectivity index is 1.07. The predicted molar refractivity (Wildman–Crippen MR) is 226 cm³/mol. The molecule has 0 unspecified atom stereocenters. The molecule has 0 amide bonds. The summed E-state index contributed by atoms with van der Waals surface area (Å²) >= 11 is 0. The summed E-state index contributed by atoms with van der Waals surface area (Å²) in [5, 5.41) is 0. The molecule has 0 fully saturated rings. The van der Waals surface area contributed by atoms with Crippen LogP contribution in [0.2, 0.25) is 0 Å². The molecule has 0 saturated heterocycles. The molecule has 1 aromatic heterocycles. The molecule has 10 rings (SSSR count). The number of para-hydroxylation sites is 2. The van der Waals surface area contributed by atoms with Crippen molar-refractivity contribution in [1.29, 1.82) is 0 Å². The Hall–Kier alpha value is -7.43. The first-order valence-corrected chi connectivity index (χ1v) is 18.5. The molecule has 8 aromatic carbocycles. The molecule has 4 nitrogen and oxygen atoms in total. The van der Waals surface area contributed by atoms with E-state index in [1.165, 1.54) is 22.3 Å². The zero-order chi connectivity index (χ0) is 36.6. The lowest BCUT2D eigenvalue weighted by atomic mass is 9.92. The fraction of sp³-hybridized carbons (Fsp3) is 0. The highest BCUT2D eigenvalue weighted by Gasteiger charge is 2.26. The molecule has 0 spiro atoms. The quantitative estimate of drug-likeness (QED) is 0.173. The van der Waals surface area contributed by atoms with Gasteiger partial charge in [0.25, 0.3) is 0 Å². The van der Waals surface area contributed by atoms with Crippen LogP contribution in [-0.4, -0.2) is 15.0 Å². The molecule has 0 radical (unpaired) electrons. The Morgan fingerprint density at radius 2 is 0.655 bits per heavy atom. The maximum absolute atomic E-state index is 4.99. The summed E-state index contributed by atoms with van der Waals surface area (Å²) in [5.74, 6) is 1.93. The van der Waals surface area contributed by atoms with Crippen molar-refractivity contribution >= 4 is 17.1 Å². The van der Waals surface area contributed by atoms with E-state index in [0.717, 1.165) is 56.0 Å². The Morgan fingerprint density at radius 3 is 1.24 bits per heavy atom. The molecule has 0 bridgehead atoms. The summed E-state index contributed by atoms with van der Waals surface area (Å²) in [6.07, 6.45) is 0. The third kappa shape index (κ3) is 6.06. The minimum absolute atomic E-state index is 0.637. The molecule has 0 N–H and O–H groups in total. The van der Waals surface area contributed by atoms with Gasteiger partial charge in [0.15, 0.2) is 17.5 Å². The Labute approximate surface area is 320 Å². The number of anilines is 3. The zero-order valence-electron chi connectivity index (χ0n) is 29.9. The summed E-state index contributed by atoms with van der Waals surface area (Å²) in [4.78, 5) is 17.3. The van der Waals surface area contributed by atoms with Crippen molar-refractivity contribution in [3.8, 4) is 78.7 Å². The molecule has 1 aliphatic rings. The van der Waals surface area contributed by atoms with Crippen molar-refractivity contribution in [2.24, 2.45) is 0 Å². The second kappa shape index (κ2) is 13.8. The van der Waals surface area contributed by atoms with E-state index in [4.69, 9.17) is 15.0 Å². The summed E-state index contributed by atoms with van der Waals surface area (Å²) in [6, 6.07) is 72.5. The van der Waals surface area contributed by atoms with Gasteiger partial charge in [-0.05, 0) is 69.8 Å². The van der Waals surface area contributed by atoms with E-state index in [2.05, 4.69) is 150 Å². The summed E-state index contributed by atoms with van der Waals surface area (Å²) in [6.45, 7) is 0. The van der Waals surface area contributed by atoms with E-state index in [1.807, 2.05) is 60.7 Å². The monoisotopic (exact) mass is 702 g/mol. The van der Waals surface area contributed by atoms with E-state index in [0.29, 0.717) is 17.5 Å². The number of nitrogens with zero attached hydrogens (tertiary/aromatic N) is 4. The predicted octanol–water partition coefficient (Wildman–Crippen LogP) is 13.3. The van der Waals surface area contributed by atoms with Gasteiger partial charge in [-0.1, -0.05) is 170 Å². The Morgan fingerprint density at radius 1 is 0.255 bits per heavy atom. The molecule has 258 valence electrons. The fourth-order valence-corrected chi connectivity index (χ4v) is 7.61. The van der Waals surface area contributed by atoms with E-state index < -0.39 is 0 Å². The molecule has 0 atom stereocenters. The van der Waals surface area contributed by atoms with Crippen molar-refractivity contribution in [3.63, 3.8) is 0 Å². The summed E-state index contributed by atoms with van der Waals surface area (Å²) < 4.78 is 0. The molecular weight excluding hydrogens is 669 g/mol.